The third-order valence-electron chi connectivity index (χ3n) is 3.84. The van der Waals surface area contributed by atoms with Crippen LogP contribution in [0.5, 0.6) is 11.5 Å². The Kier molecular flexibility index (Phi) is 3.84. The predicted octanol–water partition coefficient (Wildman–Crippen LogP) is 3.48. The molecule has 1 N–H and O–H groups in total. The van der Waals surface area contributed by atoms with Gasteiger partial charge in [-0.1, -0.05) is 35.9 Å². The van der Waals surface area contributed by atoms with Gasteiger partial charge in [-0.2, -0.15) is 0 Å². The molecule has 0 radical (unpaired) electrons. The minimum Gasteiger partial charge on any atom is -0.508 e. The van der Waals surface area contributed by atoms with Crippen LogP contribution in [0.1, 0.15) is 23.6 Å². The first-order chi connectivity index (χ1) is 10.1. The molecule has 2 aromatic rings. The topological polar surface area (TPSA) is 32.7 Å². The molecule has 0 fully saturated rings. The Balaban J connectivity index is 1.85. The summed E-state index contributed by atoms with van der Waals surface area (Å²) in [7, 11) is 0. The van der Waals surface area contributed by atoms with E-state index in [1.54, 1.807) is 6.07 Å². The van der Waals surface area contributed by atoms with Crippen molar-refractivity contribution < 1.29 is 9.84 Å². The molecule has 1 aliphatic rings. The quantitative estimate of drug-likeness (QED) is 0.916. The van der Waals surface area contributed by atoms with Crippen LogP contribution in [0.25, 0.3) is 0 Å². The van der Waals surface area contributed by atoms with E-state index in [9.17, 15) is 5.11 Å². The molecule has 21 heavy (non-hydrogen) atoms. The number of phenolic OH excluding ortho intramolecular Hbond substituents is 1. The summed E-state index contributed by atoms with van der Waals surface area (Å²) < 4.78 is 6.01. The maximum atomic E-state index is 9.96. The number of aromatic hydroxyl groups is 1. The number of hydrogen-bond acceptors (Lipinski definition) is 3. The standard InChI is InChI=1S/C18H21NO2/c1-13-7-8-18-16(9-13)12-19(10-14(2)21-18)11-15-5-3-4-6-17(15)20/h3-9,14,20H,10-12H2,1-2H3/t14-/m1/s1. The van der Waals surface area contributed by atoms with Crippen LogP contribution in [-0.2, 0) is 13.1 Å². The lowest BCUT2D eigenvalue weighted by Gasteiger charge is -2.22. The lowest BCUT2D eigenvalue weighted by Crippen LogP contribution is -2.30. The van der Waals surface area contributed by atoms with Gasteiger partial charge in [-0.15, -0.1) is 0 Å². The van der Waals surface area contributed by atoms with Gasteiger partial charge >= 0.3 is 0 Å². The lowest BCUT2D eigenvalue weighted by atomic mass is 10.1. The predicted molar refractivity (Wildman–Crippen MR) is 83.5 cm³/mol. The van der Waals surface area contributed by atoms with Gasteiger partial charge in [-0.25, -0.2) is 0 Å². The molecule has 0 aromatic heterocycles. The van der Waals surface area contributed by atoms with Gasteiger partial charge < -0.3 is 9.84 Å². The molecule has 1 aliphatic heterocycles. The Labute approximate surface area is 125 Å². The highest BCUT2D eigenvalue weighted by molar-refractivity contribution is 5.38. The Bertz CT molecular complexity index is 639. The number of benzene rings is 2. The SMILES string of the molecule is Cc1ccc2c(c1)CN(Cc1ccccc1O)C[C@@H](C)O2. The maximum absolute atomic E-state index is 9.96. The number of para-hydroxylation sites is 1. The molecule has 2 aromatic carbocycles. The first-order valence-corrected chi connectivity index (χ1v) is 7.37. The van der Waals surface area contributed by atoms with E-state index in [1.807, 2.05) is 18.2 Å². The summed E-state index contributed by atoms with van der Waals surface area (Å²) in [6, 6.07) is 13.9. The van der Waals surface area contributed by atoms with Crippen molar-refractivity contribution in [1.82, 2.24) is 4.90 Å². The number of nitrogens with zero attached hydrogens (tertiary/aromatic N) is 1. The van der Waals surface area contributed by atoms with Crippen LogP contribution in [-0.4, -0.2) is 22.7 Å². The number of rotatable bonds is 2. The van der Waals surface area contributed by atoms with Crippen LogP contribution in [0.15, 0.2) is 42.5 Å². The zero-order valence-electron chi connectivity index (χ0n) is 12.5. The van der Waals surface area contributed by atoms with Gasteiger partial charge in [0.05, 0.1) is 0 Å². The van der Waals surface area contributed by atoms with Gasteiger partial charge in [0.1, 0.15) is 17.6 Å². The Morgan fingerprint density at radius 3 is 2.86 bits per heavy atom. The molecule has 3 nitrogen and oxygen atoms in total. The minimum atomic E-state index is 0.139. The van der Waals surface area contributed by atoms with Crippen molar-refractivity contribution in [2.45, 2.75) is 33.0 Å². The van der Waals surface area contributed by atoms with Crippen molar-refractivity contribution in [1.29, 1.82) is 0 Å². The molecule has 0 saturated heterocycles. The van der Waals surface area contributed by atoms with Crippen molar-refractivity contribution in [3.05, 3.63) is 59.2 Å². The van der Waals surface area contributed by atoms with Crippen LogP contribution in [0.4, 0.5) is 0 Å². The number of hydrogen-bond donors (Lipinski definition) is 1. The molecule has 1 heterocycles. The average molecular weight is 283 g/mol. The molecule has 0 unspecified atom stereocenters. The highest BCUT2D eigenvalue weighted by atomic mass is 16.5. The number of fused-ring (bicyclic) bond motifs is 1. The van der Waals surface area contributed by atoms with E-state index in [0.29, 0.717) is 5.75 Å². The third-order valence-corrected chi connectivity index (χ3v) is 3.84. The van der Waals surface area contributed by atoms with Crippen molar-refractivity contribution in [3.8, 4) is 11.5 Å². The number of aryl methyl sites for hydroxylation is 1. The first-order valence-electron chi connectivity index (χ1n) is 7.37. The summed E-state index contributed by atoms with van der Waals surface area (Å²) >= 11 is 0. The van der Waals surface area contributed by atoms with Crippen LogP contribution in [0.3, 0.4) is 0 Å². The van der Waals surface area contributed by atoms with Crippen LogP contribution >= 0.6 is 0 Å². The molecule has 1 atom stereocenters. The van der Waals surface area contributed by atoms with Crippen LogP contribution in [0.2, 0.25) is 0 Å². The first kappa shape index (κ1) is 14.0. The zero-order chi connectivity index (χ0) is 14.8. The van der Waals surface area contributed by atoms with Crippen molar-refractivity contribution in [3.63, 3.8) is 0 Å². The van der Waals surface area contributed by atoms with E-state index in [2.05, 4.69) is 36.9 Å². The molecule has 3 heteroatoms. The monoisotopic (exact) mass is 283 g/mol. The molecular weight excluding hydrogens is 262 g/mol. The normalized spacial score (nSPS) is 18.7. The van der Waals surface area contributed by atoms with Gasteiger partial charge in [0.15, 0.2) is 0 Å². The van der Waals surface area contributed by atoms with Gasteiger partial charge in [-0.3, -0.25) is 4.90 Å². The molecule has 0 spiro atoms. The van der Waals surface area contributed by atoms with Crippen molar-refractivity contribution >= 4 is 0 Å². The minimum absolute atomic E-state index is 0.139. The summed E-state index contributed by atoms with van der Waals surface area (Å²) in [5.74, 6) is 1.34. The van der Waals surface area contributed by atoms with E-state index < -0.39 is 0 Å². The molecular formula is C18H21NO2. The molecule has 0 aliphatic carbocycles. The van der Waals surface area contributed by atoms with E-state index in [4.69, 9.17) is 4.74 Å². The van der Waals surface area contributed by atoms with Crippen molar-refractivity contribution in [2.75, 3.05) is 6.54 Å². The Morgan fingerprint density at radius 1 is 1.24 bits per heavy atom. The van der Waals surface area contributed by atoms with Crippen molar-refractivity contribution in [2.24, 2.45) is 0 Å². The second-order valence-electron chi connectivity index (χ2n) is 5.84. The highest BCUT2D eigenvalue weighted by Crippen LogP contribution is 2.28. The number of ether oxygens (including phenoxy) is 1. The molecule has 0 bridgehead atoms. The van der Waals surface area contributed by atoms with Crippen LogP contribution < -0.4 is 4.74 Å². The largest absolute Gasteiger partial charge is 0.508 e. The summed E-state index contributed by atoms with van der Waals surface area (Å²) in [5, 5.41) is 9.96. The summed E-state index contributed by atoms with van der Waals surface area (Å²) in [5.41, 5.74) is 3.42. The summed E-state index contributed by atoms with van der Waals surface area (Å²) in [6.07, 6.45) is 0.139. The molecule has 0 saturated carbocycles. The molecule has 110 valence electrons. The molecule has 0 amide bonds. The highest BCUT2D eigenvalue weighted by Gasteiger charge is 2.20. The maximum Gasteiger partial charge on any atom is 0.124 e. The van der Waals surface area contributed by atoms with Gasteiger partial charge in [0, 0.05) is 30.8 Å². The van der Waals surface area contributed by atoms with E-state index in [-0.39, 0.29) is 6.10 Å². The fourth-order valence-corrected chi connectivity index (χ4v) is 2.88. The zero-order valence-corrected chi connectivity index (χ0v) is 12.5. The molecule has 3 rings (SSSR count). The van der Waals surface area contributed by atoms with Gasteiger partial charge in [0.2, 0.25) is 0 Å². The smallest absolute Gasteiger partial charge is 0.124 e. The second kappa shape index (κ2) is 5.78. The van der Waals surface area contributed by atoms with E-state index in [1.165, 1.54) is 11.1 Å². The van der Waals surface area contributed by atoms with Gasteiger partial charge in [0.25, 0.3) is 0 Å². The third kappa shape index (κ3) is 3.19. The fourth-order valence-electron chi connectivity index (χ4n) is 2.88. The summed E-state index contributed by atoms with van der Waals surface area (Å²) in [6.45, 7) is 6.61. The average Bonchev–Trinajstić information content (AvgIpc) is 2.59. The van der Waals surface area contributed by atoms with Gasteiger partial charge in [-0.05, 0) is 26.0 Å². The Morgan fingerprint density at radius 2 is 2.05 bits per heavy atom. The lowest BCUT2D eigenvalue weighted by molar-refractivity contribution is 0.155. The second-order valence-corrected chi connectivity index (χ2v) is 5.84. The van der Waals surface area contributed by atoms with E-state index in [0.717, 1.165) is 30.9 Å². The Hall–Kier alpha value is -2.00. The summed E-state index contributed by atoms with van der Waals surface area (Å²) in [4.78, 5) is 2.32. The van der Waals surface area contributed by atoms with Crippen LogP contribution in [0, 0.1) is 6.92 Å². The fraction of sp³-hybridized carbons (Fsp3) is 0.333. The number of phenols is 1. The van der Waals surface area contributed by atoms with E-state index >= 15 is 0 Å².